The van der Waals surface area contributed by atoms with Gasteiger partial charge in [-0.25, -0.2) is 0 Å². The number of benzene rings is 1. The highest BCUT2D eigenvalue weighted by atomic mass is 79.9. The maximum atomic E-state index is 8.41. The van der Waals surface area contributed by atoms with Gasteiger partial charge >= 0.3 is 0 Å². The summed E-state index contributed by atoms with van der Waals surface area (Å²) in [4.78, 5) is 0. The Hall–Kier alpha value is -0.850. The summed E-state index contributed by atoms with van der Waals surface area (Å²) in [6, 6.07) is 10.7. The lowest BCUT2D eigenvalue weighted by molar-refractivity contribution is 0.560. The summed E-state index contributed by atoms with van der Waals surface area (Å²) in [6.07, 6.45) is 1.53. The fraction of sp³-hybridized carbons (Fsp3) is 0.417. The Bertz CT molecular complexity index is 344. The van der Waals surface area contributed by atoms with Gasteiger partial charge in [0.05, 0.1) is 6.07 Å². The van der Waals surface area contributed by atoms with Crippen LogP contribution in [0.25, 0.3) is 0 Å². The summed E-state index contributed by atoms with van der Waals surface area (Å²) in [5.74, 6) is 0. The standard InChI is InChI=1S/C12H15BrN2/c1-10(15-9-5-4-8-14)11-6-2-3-7-12(11)13/h2-3,6-7,10,15H,4-5,9H2,1H3/t10-/m1/s1. The maximum Gasteiger partial charge on any atom is 0.0622 e. The third-order valence-corrected chi connectivity index (χ3v) is 3.01. The molecule has 80 valence electrons. The monoisotopic (exact) mass is 266 g/mol. The van der Waals surface area contributed by atoms with Crippen LogP contribution < -0.4 is 5.32 Å². The van der Waals surface area contributed by atoms with Gasteiger partial charge in [-0.15, -0.1) is 0 Å². The van der Waals surface area contributed by atoms with Crippen LogP contribution in [0.5, 0.6) is 0 Å². The minimum Gasteiger partial charge on any atom is -0.310 e. The van der Waals surface area contributed by atoms with Gasteiger partial charge in [0.2, 0.25) is 0 Å². The van der Waals surface area contributed by atoms with E-state index in [1.807, 2.05) is 18.2 Å². The lowest BCUT2D eigenvalue weighted by Gasteiger charge is -2.15. The fourth-order valence-electron chi connectivity index (χ4n) is 1.42. The van der Waals surface area contributed by atoms with Crippen LogP contribution >= 0.6 is 15.9 Å². The number of nitrogens with one attached hydrogen (secondary N) is 1. The molecule has 0 aliphatic heterocycles. The van der Waals surface area contributed by atoms with Gasteiger partial charge in [0, 0.05) is 16.9 Å². The van der Waals surface area contributed by atoms with Crippen molar-refractivity contribution in [3.8, 4) is 6.07 Å². The molecular formula is C12H15BrN2. The van der Waals surface area contributed by atoms with Crippen molar-refractivity contribution in [3.63, 3.8) is 0 Å². The first-order valence-electron chi connectivity index (χ1n) is 5.10. The second-order valence-electron chi connectivity index (χ2n) is 3.46. The van der Waals surface area contributed by atoms with E-state index in [1.165, 1.54) is 5.56 Å². The Morgan fingerprint density at radius 3 is 2.87 bits per heavy atom. The van der Waals surface area contributed by atoms with E-state index in [0.29, 0.717) is 12.5 Å². The second-order valence-corrected chi connectivity index (χ2v) is 4.31. The summed E-state index contributed by atoms with van der Waals surface area (Å²) in [7, 11) is 0. The number of hydrogen-bond donors (Lipinski definition) is 1. The molecule has 1 aromatic rings. The van der Waals surface area contributed by atoms with Crippen LogP contribution in [0.2, 0.25) is 0 Å². The predicted molar refractivity (Wildman–Crippen MR) is 65.4 cm³/mol. The van der Waals surface area contributed by atoms with E-state index in [2.05, 4.69) is 40.3 Å². The lowest BCUT2D eigenvalue weighted by Crippen LogP contribution is -2.20. The third-order valence-electron chi connectivity index (χ3n) is 2.29. The molecule has 1 aromatic carbocycles. The highest BCUT2D eigenvalue weighted by Gasteiger charge is 2.06. The molecule has 0 spiro atoms. The molecule has 0 amide bonds. The van der Waals surface area contributed by atoms with Gasteiger partial charge < -0.3 is 5.32 Å². The van der Waals surface area contributed by atoms with Gasteiger partial charge in [-0.05, 0) is 31.5 Å². The van der Waals surface area contributed by atoms with E-state index in [4.69, 9.17) is 5.26 Å². The molecule has 0 saturated carbocycles. The predicted octanol–water partition coefficient (Wildman–Crippen LogP) is 3.40. The van der Waals surface area contributed by atoms with Gasteiger partial charge in [0.1, 0.15) is 0 Å². The number of rotatable bonds is 5. The van der Waals surface area contributed by atoms with Gasteiger partial charge in [-0.3, -0.25) is 0 Å². The van der Waals surface area contributed by atoms with Gasteiger partial charge in [-0.2, -0.15) is 5.26 Å². The van der Waals surface area contributed by atoms with Crippen LogP contribution in [-0.4, -0.2) is 6.54 Å². The minimum atomic E-state index is 0.319. The number of nitrogens with zero attached hydrogens (tertiary/aromatic N) is 1. The Morgan fingerprint density at radius 2 is 2.20 bits per heavy atom. The summed E-state index contributed by atoms with van der Waals surface area (Å²) < 4.78 is 1.13. The van der Waals surface area contributed by atoms with Crippen molar-refractivity contribution < 1.29 is 0 Å². The van der Waals surface area contributed by atoms with Gasteiger partial charge in [-0.1, -0.05) is 34.1 Å². The average molecular weight is 267 g/mol. The van der Waals surface area contributed by atoms with Crippen molar-refractivity contribution in [1.82, 2.24) is 5.32 Å². The molecular weight excluding hydrogens is 252 g/mol. The molecule has 0 unspecified atom stereocenters. The first kappa shape index (κ1) is 12.2. The van der Waals surface area contributed by atoms with Crippen LogP contribution in [0.1, 0.15) is 31.4 Å². The fourth-order valence-corrected chi connectivity index (χ4v) is 2.05. The SMILES string of the molecule is C[C@@H](NCCCC#N)c1ccccc1Br. The number of nitriles is 1. The van der Waals surface area contributed by atoms with Crippen molar-refractivity contribution in [2.45, 2.75) is 25.8 Å². The average Bonchev–Trinajstić information content (AvgIpc) is 2.25. The molecule has 0 aromatic heterocycles. The number of hydrogen-bond acceptors (Lipinski definition) is 2. The van der Waals surface area contributed by atoms with E-state index in [-0.39, 0.29) is 0 Å². The van der Waals surface area contributed by atoms with Crippen molar-refractivity contribution in [1.29, 1.82) is 5.26 Å². The molecule has 2 nitrogen and oxygen atoms in total. The Morgan fingerprint density at radius 1 is 1.47 bits per heavy atom. The van der Waals surface area contributed by atoms with E-state index in [1.54, 1.807) is 0 Å². The summed E-state index contributed by atoms with van der Waals surface area (Å²) in [6.45, 7) is 3.02. The van der Waals surface area contributed by atoms with Crippen LogP contribution in [0.3, 0.4) is 0 Å². The zero-order valence-corrected chi connectivity index (χ0v) is 10.4. The smallest absolute Gasteiger partial charge is 0.0622 e. The zero-order valence-electron chi connectivity index (χ0n) is 8.83. The number of halogens is 1. The molecule has 1 rings (SSSR count). The van der Waals surface area contributed by atoms with Crippen molar-refractivity contribution in [2.75, 3.05) is 6.54 Å². The van der Waals surface area contributed by atoms with Crippen LogP contribution in [0.4, 0.5) is 0 Å². The first-order chi connectivity index (χ1) is 7.25. The number of unbranched alkanes of at least 4 members (excludes halogenated alkanes) is 1. The molecule has 0 aliphatic rings. The lowest BCUT2D eigenvalue weighted by atomic mass is 10.1. The quantitative estimate of drug-likeness (QED) is 0.830. The maximum absolute atomic E-state index is 8.41. The second kappa shape index (κ2) is 6.60. The zero-order chi connectivity index (χ0) is 11.1. The molecule has 0 radical (unpaired) electrons. The largest absolute Gasteiger partial charge is 0.310 e. The molecule has 0 fully saturated rings. The molecule has 0 aliphatic carbocycles. The molecule has 3 heteroatoms. The normalized spacial score (nSPS) is 12.1. The Labute approximate surface area is 99.4 Å². The summed E-state index contributed by atoms with van der Waals surface area (Å²) in [5.41, 5.74) is 1.26. The summed E-state index contributed by atoms with van der Waals surface area (Å²) in [5, 5.41) is 11.8. The van der Waals surface area contributed by atoms with E-state index < -0.39 is 0 Å². The molecule has 0 bridgehead atoms. The van der Waals surface area contributed by atoms with Gasteiger partial charge in [0.15, 0.2) is 0 Å². The van der Waals surface area contributed by atoms with E-state index in [9.17, 15) is 0 Å². The molecule has 15 heavy (non-hydrogen) atoms. The minimum absolute atomic E-state index is 0.319. The molecule has 1 atom stereocenters. The summed E-state index contributed by atoms with van der Waals surface area (Å²) >= 11 is 3.53. The topological polar surface area (TPSA) is 35.8 Å². The first-order valence-corrected chi connectivity index (χ1v) is 5.89. The molecule has 1 N–H and O–H groups in total. The highest BCUT2D eigenvalue weighted by Crippen LogP contribution is 2.22. The van der Waals surface area contributed by atoms with Crippen LogP contribution in [0, 0.1) is 11.3 Å². The Balaban J connectivity index is 2.44. The van der Waals surface area contributed by atoms with Gasteiger partial charge in [0.25, 0.3) is 0 Å². The van der Waals surface area contributed by atoms with E-state index >= 15 is 0 Å². The Kier molecular flexibility index (Phi) is 5.38. The third kappa shape index (κ3) is 4.03. The van der Waals surface area contributed by atoms with E-state index in [0.717, 1.165) is 17.4 Å². The molecule has 0 heterocycles. The highest BCUT2D eigenvalue weighted by molar-refractivity contribution is 9.10. The van der Waals surface area contributed by atoms with Crippen LogP contribution in [-0.2, 0) is 0 Å². The van der Waals surface area contributed by atoms with Crippen molar-refractivity contribution in [3.05, 3.63) is 34.3 Å². The van der Waals surface area contributed by atoms with Crippen molar-refractivity contribution >= 4 is 15.9 Å². The molecule has 0 saturated heterocycles. The van der Waals surface area contributed by atoms with Crippen LogP contribution in [0.15, 0.2) is 28.7 Å². The van der Waals surface area contributed by atoms with Crippen molar-refractivity contribution in [2.24, 2.45) is 0 Å².